The molecule has 0 radical (unpaired) electrons. The second-order valence-electron chi connectivity index (χ2n) is 10.9. The van der Waals surface area contributed by atoms with Crippen LogP contribution in [0.5, 0.6) is 0 Å². The summed E-state index contributed by atoms with van der Waals surface area (Å²) in [4.78, 5) is 22.1. The molecule has 0 aliphatic carbocycles. The number of carbonyl (C=O) groups excluding carboxylic acids is 1. The largest absolute Gasteiger partial charge is 0.454 e. The monoisotopic (exact) mass is 507 g/mol. The van der Waals surface area contributed by atoms with Crippen molar-refractivity contribution in [3.63, 3.8) is 0 Å². The van der Waals surface area contributed by atoms with Gasteiger partial charge in [0.2, 0.25) is 5.82 Å². The molecule has 190 valence electrons. The summed E-state index contributed by atoms with van der Waals surface area (Å²) in [5, 5.41) is 6.37. The number of aromatic nitrogens is 2. The molecule has 0 N–H and O–H groups in total. The molecule has 0 saturated carbocycles. The van der Waals surface area contributed by atoms with Crippen LogP contribution in [-0.2, 0) is 21.6 Å². The van der Waals surface area contributed by atoms with E-state index in [-0.39, 0.29) is 12.1 Å². The molecule has 2 aromatic heterocycles. The van der Waals surface area contributed by atoms with Gasteiger partial charge in [0, 0.05) is 29.2 Å². The van der Waals surface area contributed by atoms with Gasteiger partial charge in [0.25, 0.3) is 5.89 Å². The molecule has 8 heteroatoms. The minimum atomic E-state index is -0.719. The first-order chi connectivity index (χ1) is 17.6. The number of nitrogens with zero attached hydrogens (tertiary/aromatic N) is 4. The van der Waals surface area contributed by atoms with Crippen LogP contribution in [0.25, 0.3) is 11.5 Å². The van der Waals surface area contributed by atoms with Crippen molar-refractivity contribution in [1.82, 2.24) is 15.0 Å². The highest BCUT2D eigenvalue weighted by atomic mass is 32.1. The van der Waals surface area contributed by atoms with E-state index in [0.717, 1.165) is 79.2 Å². The number of benzene rings is 1. The van der Waals surface area contributed by atoms with Gasteiger partial charge < -0.3 is 13.7 Å². The number of hydrogen-bond donors (Lipinski definition) is 0. The number of rotatable bonds is 7. The molecule has 7 nitrogen and oxygen atoms in total. The standard InChI is InChI=1S/C28H35N4O3S/c1-28(24-11-8-18-36-24,31-14-6-3-7-15-31)27(33)34-23-19-32(16-12-21(23)13-17-32)20-25-29-26(35-30-25)22-9-4-2-5-10-22/h2,4-5,8-11,18,21,23H,3,6-7,12-17,19-20H2,1H3/q+1/t21?,23-,28-,32?/m0/s1. The zero-order valence-electron chi connectivity index (χ0n) is 21.0. The molecule has 7 rings (SSSR count). The quantitative estimate of drug-likeness (QED) is 0.336. The predicted octanol–water partition coefficient (Wildman–Crippen LogP) is 4.85. The van der Waals surface area contributed by atoms with Crippen molar-refractivity contribution in [2.75, 3.05) is 32.7 Å². The Morgan fingerprint density at radius 2 is 1.92 bits per heavy atom. The van der Waals surface area contributed by atoms with Gasteiger partial charge >= 0.3 is 5.97 Å². The Balaban J connectivity index is 1.19. The van der Waals surface area contributed by atoms with Gasteiger partial charge in [-0.3, -0.25) is 4.90 Å². The number of likely N-dealkylation sites (tertiary alicyclic amines) is 1. The maximum atomic E-state index is 13.9. The maximum absolute atomic E-state index is 13.9. The zero-order chi connectivity index (χ0) is 24.6. The van der Waals surface area contributed by atoms with E-state index in [1.165, 1.54) is 6.42 Å². The van der Waals surface area contributed by atoms with Gasteiger partial charge in [0.1, 0.15) is 13.1 Å². The van der Waals surface area contributed by atoms with Crippen molar-refractivity contribution in [1.29, 1.82) is 0 Å². The lowest BCUT2D eigenvalue weighted by Gasteiger charge is -2.52. The average molecular weight is 508 g/mol. The minimum absolute atomic E-state index is 0.0652. The first kappa shape index (κ1) is 23.8. The summed E-state index contributed by atoms with van der Waals surface area (Å²) in [6, 6.07) is 14.0. The van der Waals surface area contributed by atoms with Crippen LogP contribution in [0.4, 0.5) is 0 Å². The number of thiophene rings is 1. The van der Waals surface area contributed by atoms with Crippen LogP contribution in [0.1, 0.15) is 49.7 Å². The third kappa shape index (κ3) is 4.40. The van der Waals surface area contributed by atoms with Crippen molar-refractivity contribution in [2.24, 2.45) is 5.92 Å². The fraction of sp³-hybridized carbons (Fsp3) is 0.536. The Hall–Kier alpha value is -2.55. The average Bonchev–Trinajstić information content (AvgIpc) is 3.63. The molecule has 36 heavy (non-hydrogen) atoms. The summed E-state index contributed by atoms with van der Waals surface area (Å²) >= 11 is 1.66. The molecule has 0 spiro atoms. The summed E-state index contributed by atoms with van der Waals surface area (Å²) in [6.07, 6.45) is 5.58. The Kier molecular flexibility index (Phi) is 6.44. The molecule has 6 heterocycles. The second kappa shape index (κ2) is 9.72. The van der Waals surface area contributed by atoms with Gasteiger partial charge in [-0.25, -0.2) is 4.79 Å². The van der Waals surface area contributed by atoms with Crippen LogP contribution >= 0.6 is 11.3 Å². The third-order valence-electron chi connectivity index (χ3n) is 8.65. The van der Waals surface area contributed by atoms with E-state index in [4.69, 9.17) is 14.2 Å². The molecule has 2 atom stereocenters. The molecular formula is C28H35N4O3S+. The van der Waals surface area contributed by atoms with Crippen molar-refractivity contribution >= 4 is 17.3 Å². The normalized spacial score (nSPS) is 28.0. The number of ether oxygens (including phenoxy) is 1. The molecule has 0 unspecified atom stereocenters. The van der Waals surface area contributed by atoms with E-state index in [9.17, 15) is 4.79 Å². The molecule has 0 amide bonds. The topological polar surface area (TPSA) is 68.5 Å². The van der Waals surface area contributed by atoms with E-state index in [1.54, 1.807) is 11.3 Å². The number of esters is 1. The van der Waals surface area contributed by atoms with Gasteiger partial charge in [0.15, 0.2) is 11.6 Å². The van der Waals surface area contributed by atoms with Crippen LogP contribution in [0, 0.1) is 5.92 Å². The zero-order valence-corrected chi connectivity index (χ0v) is 21.8. The third-order valence-corrected chi connectivity index (χ3v) is 9.73. The molecule has 1 aromatic carbocycles. The fourth-order valence-corrected chi connectivity index (χ4v) is 7.33. The van der Waals surface area contributed by atoms with Crippen molar-refractivity contribution in [3.8, 4) is 11.5 Å². The van der Waals surface area contributed by atoms with Crippen LogP contribution in [0.15, 0.2) is 52.4 Å². The van der Waals surface area contributed by atoms with E-state index in [0.29, 0.717) is 18.4 Å². The molecule has 4 aliphatic heterocycles. The van der Waals surface area contributed by atoms with Gasteiger partial charge in [-0.05, 0) is 56.4 Å². The van der Waals surface area contributed by atoms with Crippen molar-refractivity contribution in [3.05, 3.63) is 58.5 Å². The number of carbonyl (C=O) groups is 1. The fourth-order valence-electron chi connectivity index (χ4n) is 6.43. The Morgan fingerprint density at radius 3 is 2.64 bits per heavy atom. The highest BCUT2D eigenvalue weighted by Gasteiger charge is 2.51. The van der Waals surface area contributed by atoms with Crippen molar-refractivity contribution < 1.29 is 18.5 Å². The summed E-state index contributed by atoms with van der Waals surface area (Å²) < 4.78 is 12.9. The summed E-state index contributed by atoms with van der Waals surface area (Å²) in [5.74, 6) is 1.64. The van der Waals surface area contributed by atoms with E-state index < -0.39 is 5.54 Å². The first-order valence-corrected chi connectivity index (χ1v) is 14.2. The molecular weight excluding hydrogens is 472 g/mol. The van der Waals surface area contributed by atoms with E-state index >= 15 is 0 Å². The van der Waals surface area contributed by atoms with Gasteiger partial charge in [-0.2, -0.15) is 4.98 Å². The second-order valence-corrected chi connectivity index (χ2v) is 11.8. The Labute approximate surface area is 216 Å². The highest BCUT2D eigenvalue weighted by Crippen LogP contribution is 2.40. The van der Waals surface area contributed by atoms with Gasteiger partial charge in [-0.15, -0.1) is 11.3 Å². The molecule has 4 fully saturated rings. The van der Waals surface area contributed by atoms with Gasteiger partial charge in [-0.1, -0.05) is 35.8 Å². The van der Waals surface area contributed by atoms with Crippen molar-refractivity contribution in [2.45, 2.75) is 57.2 Å². The summed E-state index contributed by atoms with van der Waals surface area (Å²) in [7, 11) is 0. The maximum Gasteiger partial charge on any atom is 0.332 e. The Morgan fingerprint density at radius 1 is 1.14 bits per heavy atom. The van der Waals surface area contributed by atoms with Crippen LogP contribution < -0.4 is 0 Å². The molecule has 4 aliphatic rings. The molecule has 3 aromatic rings. The van der Waals surface area contributed by atoms with Crippen LogP contribution in [0.2, 0.25) is 0 Å². The molecule has 2 bridgehead atoms. The smallest absolute Gasteiger partial charge is 0.332 e. The highest BCUT2D eigenvalue weighted by molar-refractivity contribution is 7.10. The summed E-state index contributed by atoms with van der Waals surface area (Å²) in [5.41, 5.74) is 0.218. The lowest BCUT2D eigenvalue weighted by molar-refractivity contribution is -0.958. The number of quaternary nitrogens is 1. The van der Waals surface area contributed by atoms with Crippen LogP contribution in [0.3, 0.4) is 0 Å². The predicted molar refractivity (Wildman–Crippen MR) is 138 cm³/mol. The Bertz CT molecular complexity index is 1170. The lowest BCUT2D eigenvalue weighted by atomic mass is 9.83. The van der Waals surface area contributed by atoms with E-state index in [1.807, 2.05) is 36.4 Å². The van der Waals surface area contributed by atoms with Gasteiger partial charge in [0.05, 0.1) is 13.1 Å². The number of hydrogen-bond acceptors (Lipinski definition) is 7. The SMILES string of the molecule is C[C@@](C(=O)O[C@H]1C[N+]2(Cc3noc(-c4ccccc4)n3)CCC1CC2)(c1cccs1)N1CCCCC1. The molecule has 4 saturated heterocycles. The minimum Gasteiger partial charge on any atom is -0.454 e. The summed E-state index contributed by atoms with van der Waals surface area (Å²) in [6.45, 7) is 7.64. The number of piperidine rings is 4. The van der Waals surface area contributed by atoms with Crippen LogP contribution in [-0.4, -0.2) is 64.3 Å². The number of fused-ring (bicyclic) bond motifs is 3. The first-order valence-electron chi connectivity index (χ1n) is 13.3. The van der Waals surface area contributed by atoms with E-state index in [2.05, 4.69) is 28.4 Å². The lowest BCUT2D eigenvalue weighted by Crippen LogP contribution is -2.64.